The summed E-state index contributed by atoms with van der Waals surface area (Å²) in [4.78, 5) is 5.49. The zero-order valence-electron chi connectivity index (χ0n) is 9.97. The maximum absolute atomic E-state index is 10.0. The van der Waals surface area contributed by atoms with Crippen LogP contribution in [-0.4, -0.2) is 10.1 Å². The molecule has 0 fully saturated rings. The van der Waals surface area contributed by atoms with E-state index in [1.807, 2.05) is 19.2 Å². The lowest BCUT2D eigenvalue weighted by atomic mass is 10.0. The van der Waals surface area contributed by atoms with E-state index in [2.05, 4.69) is 22.5 Å². The van der Waals surface area contributed by atoms with Gasteiger partial charge in [-0.05, 0) is 48.8 Å². The van der Waals surface area contributed by atoms with E-state index in [1.165, 1.54) is 4.88 Å². The highest BCUT2D eigenvalue weighted by Crippen LogP contribution is 2.20. The van der Waals surface area contributed by atoms with Gasteiger partial charge in [-0.25, -0.2) is 0 Å². The Morgan fingerprint density at radius 3 is 3.00 bits per heavy atom. The highest BCUT2D eigenvalue weighted by Gasteiger charge is 2.08. The van der Waals surface area contributed by atoms with Crippen molar-refractivity contribution in [1.29, 1.82) is 0 Å². The SMILES string of the molecule is Cc1cncc(C(O)CCCc2cccs2)c1. The molecule has 0 saturated heterocycles. The lowest BCUT2D eigenvalue weighted by Gasteiger charge is -2.10. The first-order valence-electron chi connectivity index (χ1n) is 5.87. The van der Waals surface area contributed by atoms with Crippen LogP contribution in [0.1, 0.15) is 34.9 Å². The molecule has 0 aliphatic carbocycles. The van der Waals surface area contributed by atoms with E-state index in [4.69, 9.17) is 0 Å². The molecule has 3 heteroatoms. The second kappa shape index (κ2) is 5.94. The monoisotopic (exact) mass is 247 g/mol. The van der Waals surface area contributed by atoms with E-state index >= 15 is 0 Å². The van der Waals surface area contributed by atoms with Crippen molar-refractivity contribution >= 4 is 11.3 Å². The van der Waals surface area contributed by atoms with Crippen LogP contribution < -0.4 is 0 Å². The minimum atomic E-state index is -0.387. The van der Waals surface area contributed by atoms with Gasteiger partial charge in [0.2, 0.25) is 0 Å². The Morgan fingerprint density at radius 1 is 1.41 bits per heavy atom. The zero-order chi connectivity index (χ0) is 12.1. The van der Waals surface area contributed by atoms with Gasteiger partial charge in [0.15, 0.2) is 0 Å². The fourth-order valence-electron chi connectivity index (χ4n) is 1.85. The minimum Gasteiger partial charge on any atom is -0.388 e. The third-order valence-electron chi connectivity index (χ3n) is 2.76. The number of thiophene rings is 1. The number of hydrogen-bond donors (Lipinski definition) is 1. The van der Waals surface area contributed by atoms with Gasteiger partial charge in [-0.1, -0.05) is 12.1 Å². The van der Waals surface area contributed by atoms with Crippen molar-refractivity contribution in [3.8, 4) is 0 Å². The Morgan fingerprint density at radius 2 is 2.29 bits per heavy atom. The molecule has 2 aromatic heterocycles. The first-order chi connectivity index (χ1) is 8.25. The van der Waals surface area contributed by atoms with E-state index < -0.39 is 0 Å². The molecule has 0 aliphatic heterocycles. The predicted molar refractivity (Wildman–Crippen MR) is 71.2 cm³/mol. The van der Waals surface area contributed by atoms with Crippen LogP contribution in [0, 0.1) is 6.92 Å². The first kappa shape index (κ1) is 12.3. The van der Waals surface area contributed by atoms with Gasteiger partial charge in [0.1, 0.15) is 0 Å². The topological polar surface area (TPSA) is 33.1 Å². The van der Waals surface area contributed by atoms with Crippen LogP contribution in [0.25, 0.3) is 0 Å². The Bertz CT molecular complexity index is 453. The fourth-order valence-corrected chi connectivity index (χ4v) is 2.60. The van der Waals surface area contributed by atoms with E-state index in [1.54, 1.807) is 17.5 Å². The zero-order valence-corrected chi connectivity index (χ0v) is 10.8. The maximum Gasteiger partial charge on any atom is 0.0805 e. The van der Waals surface area contributed by atoms with E-state index in [9.17, 15) is 5.11 Å². The largest absolute Gasteiger partial charge is 0.388 e. The number of rotatable bonds is 5. The van der Waals surface area contributed by atoms with Crippen molar-refractivity contribution in [3.05, 3.63) is 52.0 Å². The Hall–Kier alpha value is -1.19. The average molecular weight is 247 g/mol. The molecule has 2 heterocycles. The molecular formula is C14H17NOS. The van der Waals surface area contributed by atoms with Crippen LogP contribution in [0.3, 0.4) is 0 Å². The molecule has 2 nitrogen and oxygen atoms in total. The molecule has 0 spiro atoms. The summed E-state index contributed by atoms with van der Waals surface area (Å²) in [6.45, 7) is 1.99. The molecule has 1 unspecified atom stereocenters. The number of aromatic nitrogens is 1. The number of aliphatic hydroxyl groups excluding tert-OH is 1. The lowest BCUT2D eigenvalue weighted by molar-refractivity contribution is 0.164. The Kier molecular flexibility index (Phi) is 4.29. The molecule has 0 aromatic carbocycles. The number of nitrogens with zero attached hydrogens (tertiary/aromatic N) is 1. The molecule has 0 radical (unpaired) electrons. The minimum absolute atomic E-state index is 0.387. The van der Waals surface area contributed by atoms with Gasteiger partial charge >= 0.3 is 0 Å². The van der Waals surface area contributed by atoms with Gasteiger partial charge in [-0.2, -0.15) is 0 Å². The summed E-state index contributed by atoms with van der Waals surface area (Å²) in [7, 11) is 0. The van der Waals surface area contributed by atoms with Gasteiger partial charge < -0.3 is 5.11 Å². The van der Waals surface area contributed by atoms with Crippen molar-refractivity contribution in [2.45, 2.75) is 32.3 Å². The van der Waals surface area contributed by atoms with Crippen LogP contribution in [0.15, 0.2) is 36.0 Å². The molecule has 1 atom stereocenters. The summed E-state index contributed by atoms with van der Waals surface area (Å²) in [5, 5.41) is 12.1. The summed E-state index contributed by atoms with van der Waals surface area (Å²) in [6.07, 6.45) is 6.03. The molecule has 90 valence electrons. The van der Waals surface area contributed by atoms with Gasteiger partial charge in [0.25, 0.3) is 0 Å². The van der Waals surface area contributed by atoms with Crippen molar-refractivity contribution < 1.29 is 5.11 Å². The number of hydrogen-bond acceptors (Lipinski definition) is 3. The van der Waals surface area contributed by atoms with Crippen LogP contribution in [0.4, 0.5) is 0 Å². The smallest absolute Gasteiger partial charge is 0.0805 e. The van der Waals surface area contributed by atoms with Crippen LogP contribution >= 0.6 is 11.3 Å². The number of aryl methyl sites for hydroxylation is 2. The van der Waals surface area contributed by atoms with Gasteiger partial charge in [0.05, 0.1) is 6.10 Å². The molecule has 1 N–H and O–H groups in total. The van der Waals surface area contributed by atoms with Crippen LogP contribution in [-0.2, 0) is 6.42 Å². The third kappa shape index (κ3) is 3.65. The quantitative estimate of drug-likeness (QED) is 0.877. The lowest BCUT2D eigenvalue weighted by Crippen LogP contribution is -1.99. The second-order valence-electron chi connectivity index (χ2n) is 4.28. The number of pyridine rings is 1. The molecule has 0 amide bonds. The highest BCUT2D eigenvalue weighted by atomic mass is 32.1. The molecule has 0 bridgehead atoms. The van der Waals surface area contributed by atoms with E-state index in [0.29, 0.717) is 0 Å². The fraction of sp³-hybridized carbons (Fsp3) is 0.357. The summed E-state index contributed by atoms with van der Waals surface area (Å²) >= 11 is 1.78. The van der Waals surface area contributed by atoms with Crippen molar-refractivity contribution in [1.82, 2.24) is 4.98 Å². The van der Waals surface area contributed by atoms with E-state index in [0.717, 1.165) is 30.4 Å². The third-order valence-corrected chi connectivity index (χ3v) is 3.70. The second-order valence-corrected chi connectivity index (χ2v) is 5.32. The summed E-state index contributed by atoms with van der Waals surface area (Å²) < 4.78 is 0. The van der Waals surface area contributed by atoms with Crippen molar-refractivity contribution in [2.24, 2.45) is 0 Å². The van der Waals surface area contributed by atoms with Gasteiger partial charge in [-0.3, -0.25) is 4.98 Å². The normalized spacial score (nSPS) is 12.6. The Balaban J connectivity index is 1.83. The molecular weight excluding hydrogens is 230 g/mol. The van der Waals surface area contributed by atoms with Crippen LogP contribution in [0.2, 0.25) is 0 Å². The molecule has 0 saturated carbocycles. The number of aliphatic hydroxyl groups is 1. The summed E-state index contributed by atoms with van der Waals surface area (Å²) in [6, 6.07) is 6.22. The van der Waals surface area contributed by atoms with Crippen LogP contribution in [0.5, 0.6) is 0 Å². The summed E-state index contributed by atoms with van der Waals surface area (Å²) in [5.74, 6) is 0. The first-order valence-corrected chi connectivity index (χ1v) is 6.75. The van der Waals surface area contributed by atoms with Gasteiger partial charge in [-0.15, -0.1) is 11.3 Å². The molecule has 2 rings (SSSR count). The highest BCUT2D eigenvalue weighted by molar-refractivity contribution is 7.09. The molecule has 0 aliphatic rings. The standard InChI is InChI=1S/C14H17NOS/c1-11-8-12(10-15-9-11)14(16)6-2-4-13-5-3-7-17-13/h3,5,7-10,14,16H,2,4,6H2,1H3. The Labute approximate surface area is 106 Å². The van der Waals surface area contributed by atoms with Gasteiger partial charge in [0, 0.05) is 17.3 Å². The van der Waals surface area contributed by atoms with Crippen molar-refractivity contribution in [3.63, 3.8) is 0 Å². The molecule has 2 aromatic rings. The average Bonchev–Trinajstić information content (AvgIpc) is 2.82. The maximum atomic E-state index is 10.0. The predicted octanol–water partition coefficient (Wildman–Crippen LogP) is 3.51. The van der Waals surface area contributed by atoms with Crippen molar-refractivity contribution in [2.75, 3.05) is 0 Å². The van der Waals surface area contributed by atoms with E-state index in [-0.39, 0.29) is 6.10 Å². The molecule has 17 heavy (non-hydrogen) atoms. The summed E-state index contributed by atoms with van der Waals surface area (Å²) in [5.41, 5.74) is 2.02.